The van der Waals surface area contributed by atoms with Gasteiger partial charge in [-0.15, -0.1) is 0 Å². The monoisotopic (exact) mass is 321 g/mol. The van der Waals surface area contributed by atoms with Gasteiger partial charge in [-0.05, 0) is 55.0 Å². The van der Waals surface area contributed by atoms with Gasteiger partial charge in [-0.2, -0.15) is 0 Å². The summed E-state index contributed by atoms with van der Waals surface area (Å²) in [5.74, 6) is -0.630. The molecule has 0 spiro atoms. The lowest BCUT2D eigenvalue weighted by Gasteiger charge is -2.09. The zero-order valence-corrected chi connectivity index (χ0v) is 13.1. The van der Waals surface area contributed by atoms with Crippen molar-refractivity contribution in [2.24, 2.45) is 0 Å². The van der Waals surface area contributed by atoms with E-state index in [1.54, 1.807) is 24.3 Å². The minimum absolute atomic E-state index is 0.276. The first-order valence-corrected chi connectivity index (χ1v) is 7.47. The first kappa shape index (κ1) is 15.7. The number of aromatic nitrogens is 1. The van der Waals surface area contributed by atoms with Crippen LogP contribution in [0.15, 0.2) is 66.9 Å². The molecule has 0 saturated carbocycles. The molecular formula is C19H16FN3O. The number of carbonyl (C=O) groups excluding carboxylic acids is 1. The standard InChI is InChI=1S/C19H16FN3O/c1-13-4-2-6-15(10-13)23-19(24)18-12-17(8-9-21-18)22-16-7-3-5-14(20)11-16/h2-12H,1H3,(H,21,22)(H,23,24). The smallest absolute Gasteiger partial charge is 0.274 e. The normalized spacial score (nSPS) is 10.2. The van der Waals surface area contributed by atoms with Gasteiger partial charge in [0.05, 0.1) is 0 Å². The summed E-state index contributed by atoms with van der Waals surface area (Å²) >= 11 is 0. The molecule has 120 valence electrons. The number of pyridine rings is 1. The zero-order chi connectivity index (χ0) is 16.9. The van der Waals surface area contributed by atoms with Crippen LogP contribution in [0, 0.1) is 12.7 Å². The first-order chi connectivity index (χ1) is 11.6. The number of amides is 1. The summed E-state index contributed by atoms with van der Waals surface area (Å²) in [5, 5.41) is 5.86. The molecule has 0 aliphatic heterocycles. The van der Waals surface area contributed by atoms with Crippen molar-refractivity contribution in [3.63, 3.8) is 0 Å². The SMILES string of the molecule is Cc1cccc(NC(=O)c2cc(Nc3cccc(F)c3)ccn2)c1. The van der Waals surface area contributed by atoms with Gasteiger partial charge in [0.15, 0.2) is 0 Å². The summed E-state index contributed by atoms with van der Waals surface area (Å²) in [6.45, 7) is 1.96. The topological polar surface area (TPSA) is 54.0 Å². The number of benzene rings is 2. The summed E-state index contributed by atoms with van der Waals surface area (Å²) < 4.78 is 13.2. The van der Waals surface area contributed by atoms with Crippen LogP contribution >= 0.6 is 0 Å². The first-order valence-electron chi connectivity index (χ1n) is 7.47. The molecule has 4 nitrogen and oxygen atoms in total. The highest BCUT2D eigenvalue weighted by atomic mass is 19.1. The van der Waals surface area contributed by atoms with Gasteiger partial charge < -0.3 is 10.6 Å². The van der Waals surface area contributed by atoms with Crippen molar-refractivity contribution in [1.29, 1.82) is 0 Å². The average Bonchev–Trinajstić information content (AvgIpc) is 2.55. The second-order valence-electron chi connectivity index (χ2n) is 5.39. The van der Waals surface area contributed by atoms with Crippen molar-refractivity contribution in [2.75, 3.05) is 10.6 Å². The second kappa shape index (κ2) is 6.91. The number of carbonyl (C=O) groups is 1. The van der Waals surface area contributed by atoms with Crippen molar-refractivity contribution in [1.82, 2.24) is 4.98 Å². The molecule has 0 atom stereocenters. The Bertz CT molecular complexity index is 880. The summed E-state index contributed by atoms with van der Waals surface area (Å²) in [7, 11) is 0. The largest absolute Gasteiger partial charge is 0.355 e. The number of aryl methyl sites for hydroxylation is 1. The van der Waals surface area contributed by atoms with Gasteiger partial charge in [0.25, 0.3) is 5.91 Å². The molecule has 0 bridgehead atoms. The Kier molecular flexibility index (Phi) is 4.52. The van der Waals surface area contributed by atoms with Crippen molar-refractivity contribution < 1.29 is 9.18 Å². The van der Waals surface area contributed by atoms with Crippen LogP contribution in [0.4, 0.5) is 21.5 Å². The van der Waals surface area contributed by atoms with Gasteiger partial charge >= 0.3 is 0 Å². The van der Waals surface area contributed by atoms with E-state index in [1.165, 1.54) is 18.3 Å². The van der Waals surface area contributed by atoms with Gasteiger partial charge in [0, 0.05) is 23.3 Å². The minimum atomic E-state index is -0.327. The third kappa shape index (κ3) is 3.95. The van der Waals surface area contributed by atoms with Crippen LogP contribution in [0.1, 0.15) is 16.1 Å². The molecule has 24 heavy (non-hydrogen) atoms. The maximum atomic E-state index is 13.2. The third-order valence-electron chi connectivity index (χ3n) is 3.38. The number of hydrogen-bond donors (Lipinski definition) is 2. The van der Waals surface area contributed by atoms with E-state index < -0.39 is 0 Å². The molecule has 1 heterocycles. The van der Waals surface area contributed by atoms with Crippen LogP contribution in [-0.4, -0.2) is 10.9 Å². The molecule has 0 unspecified atom stereocenters. The maximum absolute atomic E-state index is 13.2. The Labute approximate surface area is 139 Å². The zero-order valence-electron chi connectivity index (χ0n) is 13.1. The van der Waals surface area contributed by atoms with Gasteiger partial charge in [0.1, 0.15) is 11.5 Å². The van der Waals surface area contributed by atoms with E-state index in [1.807, 2.05) is 31.2 Å². The molecule has 3 rings (SSSR count). The van der Waals surface area contributed by atoms with Gasteiger partial charge in [0.2, 0.25) is 0 Å². The Morgan fingerprint density at radius 3 is 2.50 bits per heavy atom. The van der Waals surface area contributed by atoms with Gasteiger partial charge in [-0.3, -0.25) is 9.78 Å². The van der Waals surface area contributed by atoms with E-state index in [0.29, 0.717) is 17.1 Å². The summed E-state index contributed by atoms with van der Waals surface area (Å²) in [6, 6.07) is 17.0. The van der Waals surface area contributed by atoms with Crippen LogP contribution in [-0.2, 0) is 0 Å². The average molecular weight is 321 g/mol. The molecule has 2 N–H and O–H groups in total. The highest BCUT2D eigenvalue weighted by molar-refractivity contribution is 6.03. The fourth-order valence-electron chi connectivity index (χ4n) is 2.28. The van der Waals surface area contributed by atoms with Crippen LogP contribution in [0.2, 0.25) is 0 Å². The Hall–Kier alpha value is -3.21. The lowest BCUT2D eigenvalue weighted by molar-refractivity contribution is 0.102. The van der Waals surface area contributed by atoms with Gasteiger partial charge in [-0.25, -0.2) is 4.39 Å². The molecular weight excluding hydrogens is 305 g/mol. The fraction of sp³-hybridized carbons (Fsp3) is 0.0526. The summed E-state index contributed by atoms with van der Waals surface area (Å²) in [5.41, 5.74) is 3.31. The van der Waals surface area contributed by atoms with Crippen LogP contribution in [0.5, 0.6) is 0 Å². The highest BCUT2D eigenvalue weighted by Gasteiger charge is 2.09. The lowest BCUT2D eigenvalue weighted by atomic mass is 10.2. The quantitative estimate of drug-likeness (QED) is 0.742. The number of rotatable bonds is 4. The number of nitrogens with zero attached hydrogens (tertiary/aromatic N) is 1. The molecule has 0 saturated heterocycles. The fourth-order valence-corrected chi connectivity index (χ4v) is 2.28. The Balaban J connectivity index is 1.76. The summed E-state index contributed by atoms with van der Waals surface area (Å²) in [6.07, 6.45) is 1.53. The second-order valence-corrected chi connectivity index (χ2v) is 5.39. The van der Waals surface area contributed by atoms with Gasteiger partial charge in [-0.1, -0.05) is 18.2 Å². The Morgan fingerprint density at radius 2 is 1.71 bits per heavy atom. The minimum Gasteiger partial charge on any atom is -0.355 e. The maximum Gasteiger partial charge on any atom is 0.274 e. The molecule has 2 aromatic carbocycles. The predicted octanol–water partition coefficient (Wildman–Crippen LogP) is 4.53. The van der Waals surface area contributed by atoms with Crippen LogP contribution < -0.4 is 10.6 Å². The lowest BCUT2D eigenvalue weighted by Crippen LogP contribution is -2.13. The molecule has 5 heteroatoms. The molecule has 1 amide bonds. The molecule has 3 aromatic rings. The predicted molar refractivity (Wildman–Crippen MR) is 93.1 cm³/mol. The van der Waals surface area contributed by atoms with Crippen LogP contribution in [0.25, 0.3) is 0 Å². The van der Waals surface area contributed by atoms with Crippen molar-refractivity contribution in [2.45, 2.75) is 6.92 Å². The number of nitrogens with one attached hydrogen (secondary N) is 2. The molecule has 1 aromatic heterocycles. The van der Waals surface area contributed by atoms with E-state index in [9.17, 15) is 9.18 Å². The van der Waals surface area contributed by atoms with E-state index >= 15 is 0 Å². The highest BCUT2D eigenvalue weighted by Crippen LogP contribution is 2.18. The molecule has 0 fully saturated rings. The molecule has 0 radical (unpaired) electrons. The Morgan fingerprint density at radius 1 is 0.958 bits per heavy atom. The molecule has 0 aliphatic rings. The van der Waals surface area contributed by atoms with Crippen molar-refractivity contribution >= 4 is 23.0 Å². The van der Waals surface area contributed by atoms with E-state index in [4.69, 9.17) is 0 Å². The van der Waals surface area contributed by atoms with E-state index in [-0.39, 0.29) is 17.4 Å². The number of anilines is 3. The number of halogens is 1. The summed E-state index contributed by atoms with van der Waals surface area (Å²) in [4.78, 5) is 16.4. The van der Waals surface area contributed by atoms with E-state index in [2.05, 4.69) is 15.6 Å². The van der Waals surface area contributed by atoms with Crippen LogP contribution in [0.3, 0.4) is 0 Å². The molecule has 0 aliphatic carbocycles. The third-order valence-corrected chi connectivity index (χ3v) is 3.38. The van der Waals surface area contributed by atoms with Crippen molar-refractivity contribution in [3.05, 3.63) is 83.9 Å². The van der Waals surface area contributed by atoms with Crippen molar-refractivity contribution in [3.8, 4) is 0 Å². The van der Waals surface area contributed by atoms with E-state index in [0.717, 1.165) is 5.56 Å². The number of hydrogen-bond acceptors (Lipinski definition) is 3.